The van der Waals surface area contributed by atoms with Gasteiger partial charge in [0, 0.05) is 0 Å². The van der Waals surface area contributed by atoms with Gasteiger partial charge < -0.3 is 4.74 Å². The Balaban J connectivity index is 2.57. The third-order valence-electron chi connectivity index (χ3n) is 3.03. The molecule has 1 aromatic rings. The number of carbonyl (C=O) groups excluding carboxylic acids is 2. The molecule has 0 fully saturated rings. The maximum atomic E-state index is 11.8. The Morgan fingerprint density at radius 1 is 1.24 bits per heavy atom. The molecule has 2 rings (SSSR count). The molecule has 1 aromatic carbocycles. The van der Waals surface area contributed by atoms with Crippen LogP contribution in [-0.2, 0) is 34.6 Å². The number of anilines is 1. The third-order valence-corrected chi connectivity index (χ3v) is 4.76. The summed E-state index contributed by atoms with van der Waals surface area (Å²) in [6.07, 6.45) is 0. The number of hydrazone groups is 1. The highest BCUT2D eigenvalue weighted by atomic mass is 32.2. The van der Waals surface area contributed by atoms with E-state index in [2.05, 4.69) is 9.84 Å². The molecule has 0 saturated heterocycles. The van der Waals surface area contributed by atoms with Crippen LogP contribution in [0, 0.1) is 0 Å². The second-order valence-electron chi connectivity index (χ2n) is 4.73. The Bertz CT molecular complexity index is 980. The maximum absolute atomic E-state index is 11.8. The van der Waals surface area contributed by atoms with Crippen LogP contribution in [0.5, 0.6) is 0 Å². The van der Waals surface area contributed by atoms with Gasteiger partial charge in [0.1, 0.15) is 11.4 Å². The van der Waals surface area contributed by atoms with Crippen molar-refractivity contribution in [2.45, 2.75) is 16.7 Å². The lowest BCUT2D eigenvalue weighted by Crippen LogP contribution is -2.25. The van der Waals surface area contributed by atoms with Crippen LogP contribution in [0.1, 0.15) is 6.92 Å². The van der Waals surface area contributed by atoms with Gasteiger partial charge in [0.25, 0.3) is 20.2 Å². The first-order valence-electron chi connectivity index (χ1n) is 6.60. The van der Waals surface area contributed by atoms with Gasteiger partial charge in [-0.2, -0.15) is 21.9 Å². The summed E-state index contributed by atoms with van der Waals surface area (Å²) in [6.45, 7) is 0.979. The summed E-state index contributed by atoms with van der Waals surface area (Å²) in [6, 6.07) is 2.27. The molecular weight excluding hydrogens is 380 g/mol. The summed E-state index contributed by atoms with van der Waals surface area (Å²) in [4.78, 5) is 21.8. The normalized spacial score (nSPS) is 15.2. The standard InChI is InChI=1S/C12H12N2O9S2/c1-2-23-12(16)11-9(15)6-14(13-11)8-4-3-7(24(17,18)19)5-10(8)25(20,21)22/h3-5H,2,6H2,1H3,(H,17,18,19)(H,20,21,22). The molecule has 1 aliphatic heterocycles. The van der Waals surface area contributed by atoms with Gasteiger partial charge in [0.15, 0.2) is 0 Å². The van der Waals surface area contributed by atoms with Crippen molar-refractivity contribution < 1.29 is 40.3 Å². The number of esters is 1. The summed E-state index contributed by atoms with van der Waals surface area (Å²) in [5.41, 5.74) is -0.926. The molecule has 0 aromatic heterocycles. The molecule has 0 unspecified atom stereocenters. The topological polar surface area (TPSA) is 168 Å². The third kappa shape index (κ3) is 4.01. The highest BCUT2D eigenvalue weighted by Gasteiger charge is 2.34. The Morgan fingerprint density at radius 3 is 2.40 bits per heavy atom. The molecule has 13 heteroatoms. The first-order valence-corrected chi connectivity index (χ1v) is 9.48. The van der Waals surface area contributed by atoms with Gasteiger partial charge in [-0.05, 0) is 25.1 Å². The van der Waals surface area contributed by atoms with Gasteiger partial charge in [-0.3, -0.25) is 18.9 Å². The second-order valence-corrected chi connectivity index (χ2v) is 7.54. The Kier molecular flexibility index (Phi) is 4.94. The van der Waals surface area contributed by atoms with Crippen molar-refractivity contribution in [3.05, 3.63) is 18.2 Å². The van der Waals surface area contributed by atoms with Crippen molar-refractivity contribution >= 4 is 43.4 Å². The predicted molar refractivity (Wildman–Crippen MR) is 82.5 cm³/mol. The largest absolute Gasteiger partial charge is 0.461 e. The van der Waals surface area contributed by atoms with E-state index in [9.17, 15) is 31.0 Å². The maximum Gasteiger partial charge on any atom is 0.362 e. The van der Waals surface area contributed by atoms with Gasteiger partial charge in [-0.1, -0.05) is 0 Å². The number of ketones is 1. The molecule has 136 valence electrons. The molecule has 1 heterocycles. The van der Waals surface area contributed by atoms with E-state index < -0.39 is 54.0 Å². The molecule has 1 aliphatic rings. The smallest absolute Gasteiger partial charge is 0.362 e. The monoisotopic (exact) mass is 392 g/mol. The van der Waals surface area contributed by atoms with Crippen LogP contribution in [0.4, 0.5) is 5.69 Å². The molecule has 0 spiro atoms. The van der Waals surface area contributed by atoms with Crippen molar-refractivity contribution in [3.8, 4) is 0 Å². The van der Waals surface area contributed by atoms with Gasteiger partial charge in [0.2, 0.25) is 11.5 Å². The summed E-state index contributed by atoms with van der Waals surface area (Å²) < 4.78 is 68.2. The van der Waals surface area contributed by atoms with Crippen molar-refractivity contribution in [2.24, 2.45) is 5.10 Å². The number of hydrogen-bond donors (Lipinski definition) is 2. The van der Waals surface area contributed by atoms with Crippen molar-refractivity contribution in [1.29, 1.82) is 0 Å². The first-order chi connectivity index (χ1) is 11.4. The average molecular weight is 392 g/mol. The Labute approximate surface area is 142 Å². The number of nitrogens with zero attached hydrogens (tertiary/aromatic N) is 2. The number of carbonyl (C=O) groups is 2. The van der Waals surface area contributed by atoms with E-state index in [0.29, 0.717) is 6.07 Å². The van der Waals surface area contributed by atoms with Crippen LogP contribution in [0.2, 0.25) is 0 Å². The van der Waals surface area contributed by atoms with Gasteiger partial charge in [-0.25, -0.2) is 4.79 Å². The molecule has 11 nitrogen and oxygen atoms in total. The predicted octanol–water partition coefficient (Wildman–Crippen LogP) is -0.512. The average Bonchev–Trinajstić information content (AvgIpc) is 2.87. The van der Waals surface area contributed by atoms with E-state index in [1.54, 1.807) is 0 Å². The van der Waals surface area contributed by atoms with Crippen LogP contribution >= 0.6 is 0 Å². The number of rotatable bonds is 5. The van der Waals surface area contributed by atoms with E-state index in [-0.39, 0.29) is 12.3 Å². The fraction of sp³-hybridized carbons (Fsp3) is 0.250. The molecule has 0 atom stereocenters. The summed E-state index contributed by atoms with van der Waals surface area (Å²) in [5.74, 6) is -1.75. The molecule has 0 amide bonds. The summed E-state index contributed by atoms with van der Waals surface area (Å²) in [7, 11) is -9.67. The Hall–Kier alpha value is -2.35. The lowest BCUT2D eigenvalue weighted by Gasteiger charge is -2.16. The van der Waals surface area contributed by atoms with E-state index in [1.807, 2.05) is 0 Å². The molecule has 25 heavy (non-hydrogen) atoms. The molecule has 0 bridgehead atoms. The second kappa shape index (κ2) is 6.51. The van der Waals surface area contributed by atoms with Crippen LogP contribution in [0.3, 0.4) is 0 Å². The lowest BCUT2D eigenvalue weighted by atomic mass is 10.2. The number of Topliss-reactive ketones (excluding diaryl/α,β-unsaturated/α-hetero) is 1. The number of benzene rings is 1. The zero-order valence-electron chi connectivity index (χ0n) is 12.6. The van der Waals surface area contributed by atoms with E-state index >= 15 is 0 Å². The number of ether oxygens (including phenoxy) is 1. The minimum absolute atomic E-state index is 0.00947. The van der Waals surface area contributed by atoms with Gasteiger partial charge >= 0.3 is 5.97 Å². The summed E-state index contributed by atoms with van der Waals surface area (Å²) >= 11 is 0. The van der Waals surface area contributed by atoms with Crippen LogP contribution in [-0.4, -0.2) is 56.6 Å². The number of hydrogen-bond acceptors (Lipinski definition) is 9. The molecule has 0 saturated carbocycles. The molecule has 0 aliphatic carbocycles. The van der Waals surface area contributed by atoms with Gasteiger partial charge in [0.05, 0.1) is 17.2 Å². The van der Waals surface area contributed by atoms with Gasteiger partial charge in [-0.15, -0.1) is 0 Å². The summed E-state index contributed by atoms with van der Waals surface area (Å²) in [5, 5.41) is 4.46. The molecular formula is C12H12N2O9S2. The molecule has 2 N–H and O–H groups in total. The zero-order valence-corrected chi connectivity index (χ0v) is 14.2. The lowest BCUT2D eigenvalue weighted by molar-refractivity contribution is -0.135. The van der Waals surface area contributed by atoms with Crippen LogP contribution in [0.25, 0.3) is 0 Å². The zero-order chi connectivity index (χ0) is 19.0. The highest BCUT2D eigenvalue weighted by molar-refractivity contribution is 7.86. The minimum Gasteiger partial charge on any atom is -0.461 e. The minimum atomic E-state index is -4.93. The SMILES string of the molecule is CCOC(=O)C1=NN(c2ccc(S(=O)(=O)O)cc2S(=O)(=O)O)CC1=O. The van der Waals surface area contributed by atoms with E-state index in [4.69, 9.17) is 4.55 Å². The quantitative estimate of drug-likeness (QED) is 0.491. The van der Waals surface area contributed by atoms with Crippen LogP contribution < -0.4 is 5.01 Å². The fourth-order valence-corrected chi connectivity index (χ4v) is 3.29. The fourth-order valence-electron chi connectivity index (χ4n) is 1.99. The van der Waals surface area contributed by atoms with E-state index in [0.717, 1.165) is 17.1 Å². The molecule has 0 radical (unpaired) electrons. The Morgan fingerprint density at radius 2 is 1.88 bits per heavy atom. The highest BCUT2D eigenvalue weighted by Crippen LogP contribution is 2.30. The van der Waals surface area contributed by atoms with E-state index in [1.165, 1.54) is 6.92 Å². The van der Waals surface area contributed by atoms with Crippen LogP contribution in [0.15, 0.2) is 33.1 Å². The van der Waals surface area contributed by atoms with Crippen molar-refractivity contribution in [2.75, 3.05) is 18.2 Å². The first kappa shape index (κ1) is 19.0. The van der Waals surface area contributed by atoms with Crippen molar-refractivity contribution in [1.82, 2.24) is 0 Å². The van der Waals surface area contributed by atoms with Crippen molar-refractivity contribution in [3.63, 3.8) is 0 Å².